The predicted octanol–water partition coefficient (Wildman–Crippen LogP) is 4.57. The Balaban J connectivity index is 1.48. The molecule has 0 spiro atoms. The number of hydrogen-bond donors (Lipinski definition) is 2. The molecule has 1 heterocycles. The lowest BCUT2D eigenvalue weighted by Crippen LogP contribution is -2.32. The number of amides is 3. The molecule has 0 fully saturated rings. The van der Waals surface area contributed by atoms with Gasteiger partial charge in [-0.2, -0.15) is 0 Å². The Labute approximate surface area is 229 Å². The van der Waals surface area contributed by atoms with E-state index in [-0.39, 0.29) is 28.8 Å². The summed E-state index contributed by atoms with van der Waals surface area (Å²) in [5.41, 5.74) is 1.53. The third kappa shape index (κ3) is 5.70. The fraction of sp³-hybridized carbons (Fsp3) is 0.143. The Morgan fingerprint density at radius 1 is 0.872 bits per heavy atom. The first-order valence-corrected chi connectivity index (χ1v) is 12.1. The van der Waals surface area contributed by atoms with E-state index in [0.717, 1.165) is 4.90 Å². The van der Waals surface area contributed by atoms with Crippen LogP contribution >= 0.6 is 11.6 Å². The minimum absolute atomic E-state index is 0.125. The van der Waals surface area contributed by atoms with Gasteiger partial charge in [0.05, 0.1) is 32.1 Å². The molecular formula is C28H24ClN3O7. The Bertz CT molecular complexity index is 1480. The van der Waals surface area contributed by atoms with Crippen LogP contribution in [0.3, 0.4) is 0 Å². The molecule has 4 rings (SSSR count). The van der Waals surface area contributed by atoms with Gasteiger partial charge in [0.25, 0.3) is 17.7 Å². The maximum Gasteiger partial charge on any atom is 0.338 e. The molecule has 39 heavy (non-hydrogen) atoms. The molecule has 200 valence electrons. The van der Waals surface area contributed by atoms with Gasteiger partial charge in [-0.05, 0) is 61.5 Å². The summed E-state index contributed by atoms with van der Waals surface area (Å²) in [6, 6.07) is 17.3. The van der Waals surface area contributed by atoms with E-state index in [4.69, 9.17) is 25.8 Å². The zero-order chi connectivity index (χ0) is 28.1. The van der Waals surface area contributed by atoms with E-state index in [1.165, 1.54) is 38.5 Å². The number of carbonyl (C=O) groups is 4. The minimum Gasteiger partial charge on any atom is -0.497 e. The fourth-order valence-electron chi connectivity index (χ4n) is 3.79. The summed E-state index contributed by atoms with van der Waals surface area (Å²) in [5.74, 6) is -1.60. The van der Waals surface area contributed by atoms with Crippen LogP contribution in [0.15, 0.2) is 77.5 Å². The number of nitrogens with zero attached hydrogens (tertiary/aromatic N) is 1. The molecule has 10 nitrogen and oxygen atoms in total. The van der Waals surface area contributed by atoms with Crippen LogP contribution in [0.1, 0.15) is 27.6 Å². The van der Waals surface area contributed by atoms with E-state index < -0.39 is 23.7 Å². The molecule has 3 aromatic carbocycles. The van der Waals surface area contributed by atoms with Crippen molar-refractivity contribution in [1.29, 1.82) is 0 Å². The van der Waals surface area contributed by atoms with Crippen LogP contribution in [-0.4, -0.2) is 44.5 Å². The van der Waals surface area contributed by atoms with Crippen LogP contribution in [0.25, 0.3) is 0 Å². The number of nitrogens with one attached hydrogen (secondary N) is 2. The van der Waals surface area contributed by atoms with Crippen molar-refractivity contribution in [2.75, 3.05) is 36.4 Å². The molecule has 0 saturated carbocycles. The van der Waals surface area contributed by atoms with Crippen molar-refractivity contribution in [2.24, 2.45) is 0 Å². The van der Waals surface area contributed by atoms with Gasteiger partial charge >= 0.3 is 5.97 Å². The van der Waals surface area contributed by atoms with Crippen molar-refractivity contribution in [3.05, 3.63) is 88.6 Å². The second-order valence-corrected chi connectivity index (χ2v) is 8.51. The van der Waals surface area contributed by atoms with Crippen LogP contribution in [0, 0.1) is 0 Å². The molecule has 0 atom stereocenters. The minimum atomic E-state index is -0.725. The Morgan fingerprint density at radius 2 is 1.62 bits per heavy atom. The zero-order valence-corrected chi connectivity index (χ0v) is 22.0. The lowest BCUT2D eigenvalue weighted by molar-refractivity contribution is -0.120. The average molecular weight is 550 g/mol. The van der Waals surface area contributed by atoms with Gasteiger partial charge in [0.1, 0.15) is 22.2 Å². The molecule has 3 amide bonds. The van der Waals surface area contributed by atoms with E-state index in [1.54, 1.807) is 49.4 Å². The van der Waals surface area contributed by atoms with Crippen molar-refractivity contribution in [3.63, 3.8) is 0 Å². The number of benzene rings is 3. The van der Waals surface area contributed by atoms with E-state index in [1.807, 2.05) is 0 Å². The molecule has 1 aliphatic heterocycles. The number of imide groups is 1. The lowest BCUT2D eigenvalue weighted by Gasteiger charge is -2.19. The molecule has 3 aromatic rings. The fourth-order valence-corrected chi connectivity index (χ4v) is 4.01. The average Bonchev–Trinajstić information content (AvgIpc) is 3.16. The molecule has 1 aliphatic rings. The summed E-state index contributed by atoms with van der Waals surface area (Å²) in [4.78, 5) is 51.7. The molecular weight excluding hydrogens is 526 g/mol. The number of carbonyl (C=O) groups excluding carboxylic acids is 4. The highest BCUT2D eigenvalue weighted by atomic mass is 35.5. The summed E-state index contributed by atoms with van der Waals surface area (Å²) >= 11 is 6.25. The first-order valence-electron chi connectivity index (χ1n) is 11.7. The standard InChI is InChI=1S/C28H24ClN3O7/c1-4-39-28(36)17-6-5-7-19(14-17)31-25(33)16-8-10-18(11-9-16)30-24-23(29)26(34)32(27(24)35)21-15-20(37-2)12-13-22(21)38-3/h5-15,30H,4H2,1-3H3,(H,31,33). The molecule has 2 N–H and O–H groups in total. The first-order chi connectivity index (χ1) is 18.8. The Kier molecular flexibility index (Phi) is 8.16. The highest BCUT2D eigenvalue weighted by Crippen LogP contribution is 2.38. The van der Waals surface area contributed by atoms with E-state index in [9.17, 15) is 19.2 Å². The van der Waals surface area contributed by atoms with Gasteiger partial charge in [-0.15, -0.1) is 0 Å². The topological polar surface area (TPSA) is 123 Å². The van der Waals surface area contributed by atoms with Crippen molar-refractivity contribution in [1.82, 2.24) is 0 Å². The monoisotopic (exact) mass is 549 g/mol. The van der Waals surface area contributed by atoms with Gasteiger partial charge in [0.15, 0.2) is 0 Å². The van der Waals surface area contributed by atoms with Crippen LogP contribution in [0.2, 0.25) is 0 Å². The lowest BCUT2D eigenvalue weighted by atomic mass is 10.1. The second-order valence-electron chi connectivity index (χ2n) is 8.13. The van der Waals surface area contributed by atoms with Crippen molar-refractivity contribution in [2.45, 2.75) is 6.92 Å². The van der Waals surface area contributed by atoms with Gasteiger partial charge in [-0.3, -0.25) is 14.4 Å². The molecule has 0 bridgehead atoms. The normalized spacial score (nSPS) is 12.9. The Morgan fingerprint density at radius 3 is 2.28 bits per heavy atom. The quantitative estimate of drug-likeness (QED) is 0.294. The number of esters is 1. The molecule has 0 aromatic heterocycles. The van der Waals surface area contributed by atoms with E-state index >= 15 is 0 Å². The van der Waals surface area contributed by atoms with Crippen molar-refractivity contribution >= 4 is 52.4 Å². The number of methoxy groups -OCH3 is 2. The summed E-state index contributed by atoms with van der Waals surface area (Å²) in [6.45, 7) is 1.95. The van der Waals surface area contributed by atoms with Crippen molar-refractivity contribution in [3.8, 4) is 11.5 Å². The molecule has 0 aliphatic carbocycles. The molecule has 0 saturated heterocycles. The van der Waals surface area contributed by atoms with Crippen LogP contribution in [0.4, 0.5) is 17.1 Å². The van der Waals surface area contributed by atoms with Gasteiger partial charge in [0.2, 0.25) is 0 Å². The smallest absolute Gasteiger partial charge is 0.338 e. The van der Waals surface area contributed by atoms with Gasteiger partial charge in [-0.25, -0.2) is 9.69 Å². The van der Waals surface area contributed by atoms with Crippen molar-refractivity contribution < 1.29 is 33.4 Å². The maximum atomic E-state index is 13.2. The molecule has 0 unspecified atom stereocenters. The maximum absolute atomic E-state index is 13.2. The van der Waals surface area contributed by atoms with Gasteiger partial charge in [-0.1, -0.05) is 17.7 Å². The molecule has 11 heteroatoms. The zero-order valence-electron chi connectivity index (χ0n) is 21.2. The summed E-state index contributed by atoms with van der Waals surface area (Å²) < 4.78 is 15.5. The molecule has 0 radical (unpaired) electrons. The van der Waals surface area contributed by atoms with Gasteiger partial charge < -0.3 is 24.8 Å². The SMILES string of the molecule is CCOC(=O)c1cccc(NC(=O)c2ccc(NC3=C(Cl)C(=O)N(c4cc(OC)ccc4OC)C3=O)cc2)c1. The summed E-state index contributed by atoms with van der Waals surface area (Å²) in [7, 11) is 2.88. The summed E-state index contributed by atoms with van der Waals surface area (Å²) in [5, 5.41) is 5.29. The Hall–Kier alpha value is -4.83. The number of halogens is 1. The highest BCUT2D eigenvalue weighted by molar-refractivity contribution is 6.53. The third-order valence-electron chi connectivity index (χ3n) is 5.70. The van der Waals surface area contributed by atoms with E-state index in [2.05, 4.69) is 10.6 Å². The number of hydrogen-bond acceptors (Lipinski definition) is 8. The van der Waals surface area contributed by atoms with Gasteiger partial charge in [0, 0.05) is 23.0 Å². The number of anilines is 3. The second kappa shape index (κ2) is 11.7. The third-order valence-corrected chi connectivity index (χ3v) is 6.05. The van der Waals surface area contributed by atoms with Crippen LogP contribution in [-0.2, 0) is 14.3 Å². The number of ether oxygens (including phenoxy) is 3. The first kappa shape index (κ1) is 27.2. The van der Waals surface area contributed by atoms with Crippen LogP contribution < -0.4 is 25.0 Å². The largest absolute Gasteiger partial charge is 0.497 e. The number of rotatable bonds is 9. The van der Waals surface area contributed by atoms with Crippen LogP contribution in [0.5, 0.6) is 11.5 Å². The predicted molar refractivity (Wildman–Crippen MR) is 145 cm³/mol. The summed E-state index contributed by atoms with van der Waals surface area (Å²) in [6.07, 6.45) is 0. The van der Waals surface area contributed by atoms with E-state index in [0.29, 0.717) is 28.3 Å². The highest BCUT2D eigenvalue weighted by Gasteiger charge is 2.40.